The Kier molecular flexibility index (Phi) is 4.63. The summed E-state index contributed by atoms with van der Waals surface area (Å²) in [5.74, 6) is 0.500. The number of halogens is 1. The highest BCUT2D eigenvalue weighted by Crippen LogP contribution is 2.23. The van der Waals surface area contributed by atoms with Crippen molar-refractivity contribution < 1.29 is 9.21 Å². The van der Waals surface area contributed by atoms with E-state index in [4.69, 9.17) is 16.0 Å². The van der Waals surface area contributed by atoms with E-state index in [1.165, 1.54) is 6.26 Å². The predicted octanol–water partition coefficient (Wildman–Crippen LogP) is 3.36. The number of amides is 1. The summed E-state index contributed by atoms with van der Waals surface area (Å²) in [5.41, 5.74) is 0.743. The topological polar surface area (TPSA) is 42.2 Å². The molecule has 1 heterocycles. The van der Waals surface area contributed by atoms with Crippen LogP contribution in [0, 0.1) is 12.3 Å². The highest BCUT2D eigenvalue weighted by Gasteiger charge is 2.18. The van der Waals surface area contributed by atoms with Crippen molar-refractivity contribution >= 4 is 17.5 Å². The van der Waals surface area contributed by atoms with Gasteiger partial charge in [-0.05, 0) is 24.8 Å². The van der Waals surface area contributed by atoms with Crippen LogP contribution in [0.25, 0.3) is 0 Å². The Morgan fingerprint density at radius 3 is 2.65 bits per heavy atom. The van der Waals surface area contributed by atoms with Gasteiger partial charge in [-0.25, -0.2) is 0 Å². The summed E-state index contributed by atoms with van der Waals surface area (Å²) >= 11 is 6.17. The van der Waals surface area contributed by atoms with Gasteiger partial charge < -0.3 is 9.73 Å². The number of hydrogen-bond acceptors (Lipinski definition) is 2. The van der Waals surface area contributed by atoms with E-state index in [1.54, 1.807) is 13.0 Å². The summed E-state index contributed by atoms with van der Waals surface area (Å²) in [4.78, 5) is 11.8. The maximum Gasteiger partial charge on any atom is 0.254 e. The summed E-state index contributed by atoms with van der Waals surface area (Å²) in [7, 11) is 0. The number of carbonyl (C=O) groups is 1. The molecule has 1 aromatic heterocycles. The van der Waals surface area contributed by atoms with Crippen LogP contribution in [-0.2, 0) is 0 Å². The van der Waals surface area contributed by atoms with E-state index < -0.39 is 0 Å². The minimum atomic E-state index is -0.129. The fourth-order valence-electron chi connectivity index (χ4n) is 1.66. The van der Waals surface area contributed by atoms with Gasteiger partial charge in [0.1, 0.15) is 5.76 Å². The lowest BCUT2D eigenvalue weighted by Gasteiger charge is -2.21. The number of hydrogen-bond donors (Lipinski definition) is 1. The second kappa shape index (κ2) is 5.58. The molecule has 96 valence electrons. The minimum absolute atomic E-state index is 0.0499. The maximum absolute atomic E-state index is 11.8. The normalized spacial score (nSPS) is 13.5. The second-order valence-electron chi connectivity index (χ2n) is 5.46. The second-order valence-corrected chi connectivity index (χ2v) is 6.08. The zero-order valence-electron chi connectivity index (χ0n) is 10.8. The highest BCUT2D eigenvalue weighted by atomic mass is 35.5. The van der Waals surface area contributed by atoms with Gasteiger partial charge in [-0.1, -0.05) is 20.8 Å². The third-order valence-electron chi connectivity index (χ3n) is 2.42. The van der Waals surface area contributed by atoms with Crippen LogP contribution in [0.2, 0.25) is 0 Å². The van der Waals surface area contributed by atoms with Gasteiger partial charge in [0.05, 0.1) is 17.2 Å². The first kappa shape index (κ1) is 14.1. The number of carbonyl (C=O) groups excluding carboxylic acids is 1. The van der Waals surface area contributed by atoms with Crippen LogP contribution in [-0.4, -0.2) is 17.8 Å². The van der Waals surface area contributed by atoms with Crippen molar-refractivity contribution in [3.8, 4) is 0 Å². The Labute approximate surface area is 108 Å². The number of alkyl halides is 1. The summed E-state index contributed by atoms with van der Waals surface area (Å²) in [6, 6.07) is 1.66. The van der Waals surface area contributed by atoms with Gasteiger partial charge in [0.25, 0.3) is 5.91 Å². The molecule has 0 radical (unpaired) electrons. The molecule has 1 atom stereocenters. The van der Waals surface area contributed by atoms with E-state index in [2.05, 4.69) is 26.1 Å². The van der Waals surface area contributed by atoms with Gasteiger partial charge in [0, 0.05) is 6.54 Å². The first-order valence-corrected chi connectivity index (χ1v) is 6.19. The lowest BCUT2D eigenvalue weighted by atomic mass is 9.90. The van der Waals surface area contributed by atoms with Crippen LogP contribution in [0.3, 0.4) is 0 Å². The molecular formula is C13H20ClNO2. The molecule has 1 N–H and O–H groups in total. The van der Waals surface area contributed by atoms with Crippen LogP contribution in [0.4, 0.5) is 0 Å². The van der Waals surface area contributed by atoms with Crippen molar-refractivity contribution in [3.05, 3.63) is 23.7 Å². The number of nitrogens with one attached hydrogen (secondary N) is 1. The van der Waals surface area contributed by atoms with E-state index in [9.17, 15) is 4.79 Å². The van der Waals surface area contributed by atoms with Gasteiger partial charge in [-0.3, -0.25) is 4.79 Å². The lowest BCUT2D eigenvalue weighted by Crippen LogP contribution is -2.31. The monoisotopic (exact) mass is 257 g/mol. The number of furan rings is 1. The molecule has 0 bridgehead atoms. The fourth-order valence-corrected chi connectivity index (χ4v) is 2.20. The Morgan fingerprint density at radius 2 is 2.18 bits per heavy atom. The zero-order valence-corrected chi connectivity index (χ0v) is 11.6. The van der Waals surface area contributed by atoms with Gasteiger partial charge in [-0.15, -0.1) is 11.6 Å². The molecule has 1 unspecified atom stereocenters. The van der Waals surface area contributed by atoms with Crippen molar-refractivity contribution in [1.29, 1.82) is 0 Å². The largest absolute Gasteiger partial charge is 0.469 e. The van der Waals surface area contributed by atoms with Crippen molar-refractivity contribution in [2.45, 2.75) is 39.5 Å². The van der Waals surface area contributed by atoms with Gasteiger partial charge in [0.2, 0.25) is 0 Å². The molecule has 4 heteroatoms. The SMILES string of the molecule is Cc1occc1C(=O)NCC(Cl)CC(C)(C)C. The van der Waals surface area contributed by atoms with Crippen molar-refractivity contribution in [2.24, 2.45) is 5.41 Å². The molecule has 0 aliphatic rings. The molecule has 0 saturated carbocycles. The van der Waals surface area contributed by atoms with E-state index in [1.807, 2.05) is 0 Å². The van der Waals surface area contributed by atoms with Gasteiger partial charge in [0.15, 0.2) is 0 Å². The highest BCUT2D eigenvalue weighted by molar-refractivity contribution is 6.21. The van der Waals surface area contributed by atoms with Crippen molar-refractivity contribution in [1.82, 2.24) is 5.32 Å². The number of aryl methyl sites for hydroxylation is 1. The Balaban J connectivity index is 2.42. The van der Waals surface area contributed by atoms with Crippen LogP contribution in [0.1, 0.15) is 43.3 Å². The molecule has 1 aromatic rings. The molecule has 0 fully saturated rings. The summed E-state index contributed by atoms with van der Waals surface area (Å²) in [5, 5.41) is 2.77. The molecular weight excluding hydrogens is 238 g/mol. The molecule has 1 rings (SSSR count). The molecule has 0 aromatic carbocycles. The molecule has 0 aliphatic heterocycles. The van der Waals surface area contributed by atoms with Crippen molar-refractivity contribution in [2.75, 3.05) is 6.54 Å². The molecule has 0 aliphatic carbocycles. The molecule has 3 nitrogen and oxygen atoms in total. The van der Waals surface area contributed by atoms with Gasteiger partial charge in [-0.2, -0.15) is 0 Å². The Hall–Kier alpha value is -0.960. The summed E-state index contributed by atoms with van der Waals surface area (Å²) in [6.07, 6.45) is 2.37. The zero-order chi connectivity index (χ0) is 13.1. The van der Waals surface area contributed by atoms with E-state index in [-0.39, 0.29) is 16.7 Å². The maximum atomic E-state index is 11.8. The molecule has 0 saturated heterocycles. The van der Waals surface area contributed by atoms with Crippen molar-refractivity contribution in [3.63, 3.8) is 0 Å². The predicted molar refractivity (Wildman–Crippen MR) is 69.5 cm³/mol. The molecule has 1 amide bonds. The Bertz CT molecular complexity index is 379. The lowest BCUT2D eigenvalue weighted by molar-refractivity contribution is 0.0950. The fraction of sp³-hybridized carbons (Fsp3) is 0.615. The first-order valence-electron chi connectivity index (χ1n) is 5.76. The van der Waals surface area contributed by atoms with E-state index in [0.717, 1.165) is 6.42 Å². The Morgan fingerprint density at radius 1 is 1.53 bits per heavy atom. The molecule has 17 heavy (non-hydrogen) atoms. The standard InChI is InChI=1S/C13H20ClNO2/c1-9-11(5-6-17-9)12(16)15-8-10(14)7-13(2,3)4/h5-6,10H,7-8H2,1-4H3,(H,15,16). The van der Waals surface area contributed by atoms with E-state index in [0.29, 0.717) is 17.9 Å². The quantitative estimate of drug-likeness (QED) is 0.841. The van der Waals surface area contributed by atoms with Gasteiger partial charge >= 0.3 is 0 Å². The van der Waals surface area contributed by atoms with Crippen LogP contribution < -0.4 is 5.32 Å². The molecule has 0 spiro atoms. The van der Waals surface area contributed by atoms with Crippen LogP contribution in [0.15, 0.2) is 16.7 Å². The third kappa shape index (κ3) is 4.82. The van der Waals surface area contributed by atoms with Crippen LogP contribution >= 0.6 is 11.6 Å². The smallest absolute Gasteiger partial charge is 0.254 e. The third-order valence-corrected chi connectivity index (χ3v) is 2.73. The number of rotatable bonds is 4. The van der Waals surface area contributed by atoms with E-state index >= 15 is 0 Å². The summed E-state index contributed by atoms with van der Waals surface area (Å²) in [6.45, 7) is 8.63. The summed E-state index contributed by atoms with van der Waals surface area (Å²) < 4.78 is 5.08. The average Bonchev–Trinajstić information content (AvgIpc) is 2.58. The van der Waals surface area contributed by atoms with Crippen LogP contribution in [0.5, 0.6) is 0 Å². The average molecular weight is 258 g/mol. The first-order chi connectivity index (χ1) is 7.79. The minimum Gasteiger partial charge on any atom is -0.469 e.